The standard InChI is InChI=1S/C22H20FN5O2S/c23-18-8-6-16(7-9-18)19(14-24)27-10-12-28(13-11-27)20(29)15-31-22-26-25-21(30-22)17-4-2-1-3-5-17/h1-9,19H,10-13,15H2. The van der Waals surface area contributed by atoms with Gasteiger partial charge in [0.1, 0.15) is 11.9 Å². The van der Waals surface area contributed by atoms with Crippen LogP contribution < -0.4 is 0 Å². The number of rotatable bonds is 6. The molecule has 1 saturated heterocycles. The molecule has 158 valence electrons. The van der Waals surface area contributed by atoms with Gasteiger partial charge in [-0.2, -0.15) is 5.26 Å². The molecule has 3 aromatic rings. The molecule has 1 aromatic heterocycles. The predicted molar refractivity (Wildman–Crippen MR) is 113 cm³/mol. The smallest absolute Gasteiger partial charge is 0.277 e. The second-order valence-electron chi connectivity index (χ2n) is 7.03. The van der Waals surface area contributed by atoms with Crippen molar-refractivity contribution in [2.75, 3.05) is 31.9 Å². The van der Waals surface area contributed by atoms with Gasteiger partial charge in [0.25, 0.3) is 5.22 Å². The van der Waals surface area contributed by atoms with E-state index in [1.54, 1.807) is 17.0 Å². The molecule has 1 amide bonds. The molecule has 0 saturated carbocycles. The van der Waals surface area contributed by atoms with Crippen molar-refractivity contribution < 1.29 is 13.6 Å². The average molecular weight is 438 g/mol. The van der Waals surface area contributed by atoms with Gasteiger partial charge in [-0.25, -0.2) is 4.39 Å². The Hall–Kier alpha value is -3.22. The summed E-state index contributed by atoms with van der Waals surface area (Å²) < 4.78 is 18.8. The number of thioether (sulfide) groups is 1. The number of piperazine rings is 1. The first kappa shape index (κ1) is 21.0. The summed E-state index contributed by atoms with van der Waals surface area (Å²) in [5, 5.41) is 18.0. The molecule has 0 N–H and O–H groups in total. The first-order chi connectivity index (χ1) is 15.1. The maximum absolute atomic E-state index is 13.2. The molecule has 9 heteroatoms. The van der Waals surface area contributed by atoms with Crippen LogP contribution >= 0.6 is 11.8 Å². The van der Waals surface area contributed by atoms with Crippen molar-refractivity contribution in [1.29, 1.82) is 5.26 Å². The molecule has 1 atom stereocenters. The Bertz CT molecular complexity index is 1060. The van der Waals surface area contributed by atoms with Crippen molar-refractivity contribution in [1.82, 2.24) is 20.0 Å². The fraction of sp³-hybridized carbons (Fsp3) is 0.273. The van der Waals surface area contributed by atoms with E-state index in [0.29, 0.717) is 37.3 Å². The number of nitrogens with zero attached hydrogens (tertiary/aromatic N) is 5. The SMILES string of the molecule is N#CC(c1ccc(F)cc1)N1CCN(C(=O)CSc2nnc(-c3ccccc3)o2)CC1. The van der Waals surface area contributed by atoms with E-state index in [9.17, 15) is 14.4 Å². The molecule has 1 aliphatic heterocycles. The summed E-state index contributed by atoms with van der Waals surface area (Å²) in [4.78, 5) is 16.4. The minimum atomic E-state index is -0.456. The molecule has 0 bridgehead atoms. The van der Waals surface area contributed by atoms with E-state index in [4.69, 9.17) is 4.42 Å². The first-order valence-corrected chi connectivity index (χ1v) is 10.8. The second kappa shape index (κ2) is 9.73. The number of carbonyl (C=O) groups is 1. The third-order valence-corrected chi connectivity index (χ3v) is 5.89. The van der Waals surface area contributed by atoms with Gasteiger partial charge >= 0.3 is 0 Å². The van der Waals surface area contributed by atoms with Crippen LogP contribution in [0, 0.1) is 17.1 Å². The molecule has 0 spiro atoms. The number of aromatic nitrogens is 2. The zero-order valence-corrected chi connectivity index (χ0v) is 17.5. The van der Waals surface area contributed by atoms with Gasteiger partial charge in [-0.15, -0.1) is 10.2 Å². The highest BCUT2D eigenvalue weighted by Crippen LogP contribution is 2.24. The summed E-state index contributed by atoms with van der Waals surface area (Å²) >= 11 is 1.21. The Morgan fingerprint density at radius 3 is 2.48 bits per heavy atom. The van der Waals surface area contributed by atoms with Gasteiger partial charge in [0.15, 0.2) is 0 Å². The molecule has 4 rings (SSSR count). The van der Waals surface area contributed by atoms with Crippen LogP contribution in [0.25, 0.3) is 11.5 Å². The fourth-order valence-corrected chi connectivity index (χ4v) is 4.09. The Kier molecular flexibility index (Phi) is 6.60. The molecular weight excluding hydrogens is 417 g/mol. The second-order valence-corrected chi connectivity index (χ2v) is 7.95. The van der Waals surface area contributed by atoms with Gasteiger partial charge in [0.2, 0.25) is 11.8 Å². The molecule has 0 aliphatic carbocycles. The normalized spacial score (nSPS) is 15.4. The molecule has 7 nitrogen and oxygen atoms in total. The summed E-state index contributed by atoms with van der Waals surface area (Å²) in [6, 6.07) is 17.3. The summed E-state index contributed by atoms with van der Waals surface area (Å²) in [7, 11) is 0. The van der Waals surface area contributed by atoms with Crippen LogP contribution in [0.15, 0.2) is 64.2 Å². The maximum atomic E-state index is 13.2. The van der Waals surface area contributed by atoms with Crippen LogP contribution in [0.3, 0.4) is 0 Å². The largest absolute Gasteiger partial charge is 0.411 e. The monoisotopic (exact) mass is 437 g/mol. The lowest BCUT2D eigenvalue weighted by atomic mass is 10.1. The average Bonchev–Trinajstić information content (AvgIpc) is 3.29. The van der Waals surface area contributed by atoms with E-state index in [-0.39, 0.29) is 17.5 Å². The summed E-state index contributed by atoms with van der Waals surface area (Å²) in [6.45, 7) is 2.20. The van der Waals surface area contributed by atoms with E-state index in [0.717, 1.165) is 11.1 Å². The summed E-state index contributed by atoms with van der Waals surface area (Å²) in [5.41, 5.74) is 1.59. The number of hydrogen-bond donors (Lipinski definition) is 0. The highest BCUT2D eigenvalue weighted by atomic mass is 32.2. The number of hydrogen-bond acceptors (Lipinski definition) is 7. The molecule has 0 radical (unpaired) electrons. The molecule has 2 heterocycles. The number of nitriles is 1. The molecule has 1 aliphatic rings. The predicted octanol–water partition coefficient (Wildman–Crippen LogP) is 3.38. The van der Waals surface area contributed by atoms with Gasteiger partial charge in [0.05, 0.1) is 11.8 Å². The Morgan fingerprint density at radius 2 is 1.81 bits per heavy atom. The Labute approximate surface area is 183 Å². The zero-order chi connectivity index (χ0) is 21.6. The van der Waals surface area contributed by atoms with E-state index >= 15 is 0 Å². The summed E-state index contributed by atoms with van der Waals surface area (Å²) in [5.74, 6) is 0.285. The van der Waals surface area contributed by atoms with Gasteiger partial charge in [-0.3, -0.25) is 9.69 Å². The van der Waals surface area contributed by atoms with Crippen LogP contribution in [0.4, 0.5) is 4.39 Å². The van der Waals surface area contributed by atoms with Crippen molar-refractivity contribution >= 4 is 17.7 Å². The number of carbonyl (C=O) groups excluding carboxylic acids is 1. The van der Waals surface area contributed by atoms with E-state index in [1.807, 2.05) is 35.2 Å². The van der Waals surface area contributed by atoms with E-state index in [2.05, 4.69) is 16.3 Å². The van der Waals surface area contributed by atoms with Crippen LogP contribution in [-0.2, 0) is 4.79 Å². The lowest BCUT2D eigenvalue weighted by Crippen LogP contribution is -2.50. The molecule has 31 heavy (non-hydrogen) atoms. The number of amides is 1. The van der Waals surface area contributed by atoms with Crippen LogP contribution in [0.5, 0.6) is 0 Å². The third-order valence-electron chi connectivity index (χ3n) is 5.09. The molecular formula is C22H20FN5O2S. The molecule has 2 aromatic carbocycles. The lowest BCUT2D eigenvalue weighted by Gasteiger charge is -2.37. The van der Waals surface area contributed by atoms with E-state index in [1.165, 1.54) is 23.9 Å². The van der Waals surface area contributed by atoms with Gasteiger partial charge in [0, 0.05) is 31.7 Å². The van der Waals surface area contributed by atoms with Crippen LogP contribution in [-0.4, -0.2) is 57.8 Å². The van der Waals surface area contributed by atoms with Crippen molar-refractivity contribution in [3.63, 3.8) is 0 Å². The Balaban J connectivity index is 1.28. The number of halogens is 1. The third kappa shape index (κ3) is 5.10. The Morgan fingerprint density at radius 1 is 1.10 bits per heavy atom. The van der Waals surface area contributed by atoms with Crippen molar-refractivity contribution in [2.45, 2.75) is 11.3 Å². The lowest BCUT2D eigenvalue weighted by molar-refractivity contribution is -0.130. The van der Waals surface area contributed by atoms with Crippen molar-refractivity contribution in [3.8, 4) is 17.5 Å². The minimum absolute atomic E-state index is 0.0144. The quantitative estimate of drug-likeness (QED) is 0.547. The molecule has 1 unspecified atom stereocenters. The number of benzene rings is 2. The van der Waals surface area contributed by atoms with Crippen LogP contribution in [0.2, 0.25) is 0 Å². The van der Waals surface area contributed by atoms with Gasteiger partial charge in [-0.1, -0.05) is 42.1 Å². The van der Waals surface area contributed by atoms with E-state index < -0.39 is 6.04 Å². The van der Waals surface area contributed by atoms with Gasteiger partial charge < -0.3 is 9.32 Å². The topological polar surface area (TPSA) is 86.3 Å². The van der Waals surface area contributed by atoms with Crippen molar-refractivity contribution in [2.24, 2.45) is 0 Å². The minimum Gasteiger partial charge on any atom is -0.411 e. The summed E-state index contributed by atoms with van der Waals surface area (Å²) in [6.07, 6.45) is 0. The highest BCUT2D eigenvalue weighted by molar-refractivity contribution is 7.99. The van der Waals surface area contributed by atoms with Gasteiger partial charge in [-0.05, 0) is 29.8 Å². The first-order valence-electron chi connectivity index (χ1n) is 9.82. The van der Waals surface area contributed by atoms with Crippen molar-refractivity contribution in [3.05, 3.63) is 66.0 Å². The van der Waals surface area contributed by atoms with Crippen LogP contribution in [0.1, 0.15) is 11.6 Å². The fourth-order valence-electron chi connectivity index (χ4n) is 3.42. The zero-order valence-electron chi connectivity index (χ0n) is 16.6. The molecule has 1 fully saturated rings. The maximum Gasteiger partial charge on any atom is 0.277 e. The highest BCUT2D eigenvalue weighted by Gasteiger charge is 2.27.